The van der Waals surface area contributed by atoms with E-state index < -0.39 is 0 Å². The van der Waals surface area contributed by atoms with Crippen LogP contribution in [0.4, 0.5) is 0 Å². The molecule has 1 unspecified atom stereocenters. The third kappa shape index (κ3) is 2.08. The van der Waals surface area contributed by atoms with E-state index in [1.807, 2.05) is 13.0 Å². The van der Waals surface area contributed by atoms with Gasteiger partial charge < -0.3 is 9.73 Å². The Labute approximate surface area is 101 Å². The highest BCUT2D eigenvalue weighted by molar-refractivity contribution is 6.34. The number of aryl methyl sites for hydroxylation is 1. The van der Waals surface area contributed by atoms with Crippen LogP contribution in [-0.4, -0.2) is 6.54 Å². The van der Waals surface area contributed by atoms with Crippen molar-refractivity contribution in [2.45, 2.75) is 26.8 Å². The Hall–Kier alpha value is -0.990. The third-order valence-corrected chi connectivity index (χ3v) is 2.95. The normalized spacial score (nSPS) is 13.2. The van der Waals surface area contributed by atoms with E-state index in [1.54, 1.807) is 0 Å². The minimum absolute atomic E-state index is 0.216. The molecule has 0 aliphatic heterocycles. The van der Waals surface area contributed by atoms with E-state index >= 15 is 0 Å². The molecule has 0 spiro atoms. The fourth-order valence-corrected chi connectivity index (χ4v) is 2.21. The van der Waals surface area contributed by atoms with Crippen molar-refractivity contribution in [2.75, 3.05) is 6.54 Å². The first-order valence-electron chi connectivity index (χ1n) is 5.54. The standard InChI is InChI=1S/C13H16ClNO/c1-4-15-9(3)12-7-10-5-8(2)6-11(14)13(10)16-12/h5-7,9,15H,4H2,1-3H3. The van der Waals surface area contributed by atoms with Gasteiger partial charge in [-0.05, 0) is 44.2 Å². The number of hydrogen-bond donors (Lipinski definition) is 1. The largest absolute Gasteiger partial charge is 0.458 e. The Balaban J connectivity index is 2.47. The quantitative estimate of drug-likeness (QED) is 0.871. The molecule has 0 saturated carbocycles. The molecule has 0 aliphatic rings. The summed E-state index contributed by atoms with van der Waals surface area (Å²) in [5.74, 6) is 0.935. The van der Waals surface area contributed by atoms with Crippen molar-refractivity contribution in [2.24, 2.45) is 0 Å². The number of hydrogen-bond acceptors (Lipinski definition) is 2. The van der Waals surface area contributed by atoms with E-state index in [4.69, 9.17) is 16.0 Å². The number of furan rings is 1. The van der Waals surface area contributed by atoms with Crippen LogP contribution < -0.4 is 5.32 Å². The molecule has 0 amide bonds. The van der Waals surface area contributed by atoms with Crippen LogP contribution in [0.1, 0.15) is 31.2 Å². The lowest BCUT2D eigenvalue weighted by Crippen LogP contribution is -2.16. The molecule has 0 bridgehead atoms. The maximum absolute atomic E-state index is 6.14. The van der Waals surface area contributed by atoms with E-state index in [0.717, 1.165) is 28.8 Å². The predicted molar refractivity (Wildman–Crippen MR) is 68.1 cm³/mol. The van der Waals surface area contributed by atoms with E-state index in [1.165, 1.54) is 0 Å². The number of rotatable bonds is 3. The van der Waals surface area contributed by atoms with Gasteiger partial charge in [0.15, 0.2) is 5.58 Å². The highest BCUT2D eigenvalue weighted by Crippen LogP contribution is 2.30. The van der Waals surface area contributed by atoms with Gasteiger partial charge in [0.25, 0.3) is 0 Å². The van der Waals surface area contributed by atoms with Crippen molar-refractivity contribution < 1.29 is 4.42 Å². The smallest absolute Gasteiger partial charge is 0.152 e. The monoisotopic (exact) mass is 237 g/mol. The molecule has 0 fully saturated rings. The summed E-state index contributed by atoms with van der Waals surface area (Å²) in [6.07, 6.45) is 0. The zero-order valence-corrected chi connectivity index (χ0v) is 10.6. The molecule has 16 heavy (non-hydrogen) atoms. The Morgan fingerprint density at radius 3 is 2.81 bits per heavy atom. The average molecular weight is 238 g/mol. The van der Waals surface area contributed by atoms with Gasteiger partial charge in [0.2, 0.25) is 0 Å². The zero-order valence-electron chi connectivity index (χ0n) is 9.80. The Morgan fingerprint density at radius 2 is 2.12 bits per heavy atom. The van der Waals surface area contributed by atoms with Crippen molar-refractivity contribution in [3.8, 4) is 0 Å². The summed E-state index contributed by atoms with van der Waals surface area (Å²) >= 11 is 6.14. The van der Waals surface area contributed by atoms with E-state index in [0.29, 0.717) is 5.02 Å². The molecule has 0 radical (unpaired) electrons. The van der Waals surface area contributed by atoms with Gasteiger partial charge in [0.05, 0.1) is 11.1 Å². The first kappa shape index (κ1) is 11.5. The summed E-state index contributed by atoms with van der Waals surface area (Å²) in [6, 6.07) is 6.29. The summed E-state index contributed by atoms with van der Waals surface area (Å²) in [6.45, 7) is 7.12. The molecular formula is C13H16ClNO. The van der Waals surface area contributed by atoms with Crippen molar-refractivity contribution in [3.05, 3.63) is 34.5 Å². The maximum atomic E-state index is 6.14. The third-order valence-electron chi connectivity index (χ3n) is 2.67. The second-order valence-electron chi connectivity index (χ2n) is 4.09. The topological polar surface area (TPSA) is 25.2 Å². The van der Waals surface area contributed by atoms with Crippen LogP contribution in [0.5, 0.6) is 0 Å². The Kier molecular flexibility index (Phi) is 3.22. The zero-order chi connectivity index (χ0) is 11.7. The Morgan fingerprint density at radius 1 is 1.38 bits per heavy atom. The lowest BCUT2D eigenvalue weighted by molar-refractivity contribution is 0.459. The van der Waals surface area contributed by atoms with Gasteiger partial charge >= 0.3 is 0 Å². The molecule has 3 heteroatoms. The van der Waals surface area contributed by atoms with Crippen LogP contribution in [0.3, 0.4) is 0 Å². The predicted octanol–water partition coefficient (Wildman–Crippen LogP) is 4.07. The van der Waals surface area contributed by atoms with Crippen LogP contribution >= 0.6 is 11.6 Å². The van der Waals surface area contributed by atoms with Gasteiger partial charge in [-0.15, -0.1) is 0 Å². The van der Waals surface area contributed by atoms with Crippen molar-refractivity contribution in [1.29, 1.82) is 0 Å². The van der Waals surface area contributed by atoms with Crippen molar-refractivity contribution >= 4 is 22.6 Å². The van der Waals surface area contributed by atoms with Gasteiger partial charge in [0, 0.05) is 5.39 Å². The molecule has 2 rings (SSSR count). The summed E-state index contributed by atoms with van der Waals surface area (Å²) < 4.78 is 5.77. The molecule has 2 nitrogen and oxygen atoms in total. The second-order valence-corrected chi connectivity index (χ2v) is 4.50. The van der Waals surface area contributed by atoms with Crippen LogP contribution in [0.25, 0.3) is 11.0 Å². The van der Waals surface area contributed by atoms with Crippen LogP contribution in [-0.2, 0) is 0 Å². The van der Waals surface area contributed by atoms with Gasteiger partial charge in [0.1, 0.15) is 5.76 Å². The molecule has 0 saturated heterocycles. The highest BCUT2D eigenvalue weighted by Gasteiger charge is 2.12. The number of nitrogens with one attached hydrogen (secondary N) is 1. The number of fused-ring (bicyclic) bond motifs is 1. The first-order valence-corrected chi connectivity index (χ1v) is 5.92. The van der Waals surface area contributed by atoms with Gasteiger partial charge in [-0.1, -0.05) is 18.5 Å². The Bertz CT molecular complexity index is 504. The molecule has 1 heterocycles. The molecule has 0 aliphatic carbocycles. The summed E-state index contributed by atoms with van der Waals surface area (Å²) in [5.41, 5.74) is 1.94. The summed E-state index contributed by atoms with van der Waals surface area (Å²) in [5, 5.41) is 5.08. The lowest BCUT2D eigenvalue weighted by Gasteiger charge is -2.07. The fourth-order valence-electron chi connectivity index (χ4n) is 1.89. The second kappa shape index (κ2) is 4.48. The van der Waals surface area contributed by atoms with Crippen LogP contribution in [0.2, 0.25) is 5.02 Å². The molecule has 86 valence electrons. The van der Waals surface area contributed by atoms with Crippen LogP contribution in [0.15, 0.2) is 22.6 Å². The van der Waals surface area contributed by atoms with Gasteiger partial charge in [-0.3, -0.25) is 0 Å². The number of benzene rings is 1. The lowest BCUT2D eigenvalue weighted by atomic mass is 10.1. The number of halogens is 1. The van der Waals surface area contributed by atoms with Crippen molar-refractivity contribution in [3.63, 3.8) is 0 Å². The molecule has 1 aromatic carbocycles. The summed E-state index contributed by atoms with van der Waals surface area (Å²) in [7, 11) is 0. The minimum Gasteiger partial charge on any atom is -0.458 e. The van der Waals surface area contributed by atoms with Gasteiger partial charge in [-0.25, -0.2) is 0 Å². The SMILES string of the molecule is CCNC(C)c1cc2cc(C)cc(Cl)c2o1. The van der Waals surface area contributed by atoms with E-state index in [9.17, 15) is 0 Å². The molecule has 1 aromatic heterocycles. The van der Waals surface area contributed by atoms with E-state index in [-0.39, 0.29) is 6.04 Å². The fraction of sp³-hybridized carbons (Fsp3) is 0.385. The average Bonchev–Trinajstić information content (AvgIpc) is 2.62. The molecule has 2 aromatic rings. The van der Waals surface area contributed by atoms with Crippen LogP contribution in [0, 0.1) is 6.92 Å². The molecule has 1 N–H and O–H groups in total. The summed E-state index contributed by atoms with van der Waals surface area (Å²) in [4.78, 5) is 0. The minimum atomic E-state index is 0.216. The first-order chi connectivity index (χ1) is 7.61. The van der Waals surface area contributed by atoms with Gasteiger partial charge in [-0.2, -0.15) is 0 Å². The van der Waals surface area contributed by atoms with E-state index in [2.05, 4.69) is 31.3 Å². The molecular weight excluding hydrogens is 222 g/mol. The maximum Gasteiger partial charge on any atom is 0.152 e. The molecule has 1 atom stereocenters. The van der Waals surface area contributed by atoms with Crippen molar-refractivity contribution in [1.82, 2.24) is 5.32 Å². The highest BCUT2D eigenvalue weighted by atomic mass is 35.5.